The van der Waals surface area contributed by atoms with Crippen molar-refractivity contribution >= 4 is 5.97 Å². The van der Waals surface area contributed by atoms with Crippen LogP contribution in [-0.4, -0.2) is 22.0 Å². The van der Waals surface area contributed by atoms with E-state index >= 15 is 0 Å². The summed E-state index contributed by atoms with van der Waals surface area (Å²) in [5, 5.41) is 18.5. The molecule has 0 bridgehead atoms. The highest BCUT2D eigenvalue weighted by molar-refractivity contribution is 5.90. The first-order valence-electron chi connectivity index (χ1n) is 5.18. The number of hydrogen-bond acceptors (Lipinski definition) is 4. The van der Waals surface area contributed by atoms with Crippen LogP contribution in [0.25, 0.3) is 0 Å². The molecule has 1 aromatic carbocycles. The zero-order chi connectivity index (χ0) is 12.3. The van der Waals surface area contributed by atoms with Crippen molar-refractivity contribution in [3.63, 3.8) is 0 Å². The molecule has 0 atom stereocenters. The molecular weight excluding hydrogens is 220 g/mol. The Morgan fingerprint density at radius 2 is 1.94 bits per heavy atom. The first kappa shape index (κ1) is 11.6. The molecule has 1 aliphatic rings. The third kappa shape index (κ3) is 3.03. The minimum absolute atomic E-state index is 0.000896. The highest BCUT2D eigenvalue weighted by Crippen LogP contribution is 2.19. The van der Waals surface area contributed by atoms with E-state index in [2.05, 4.69) is 0 Å². The third-order valence-electron chi connectivity index (χ3n) is 2.34. The van der Waals surface area contributed by atoms with Crippen LogP contribution in [0.4, 0.5) is 0 Å². The summed E-state index contributed by atoms with van der Waals surface area (Å²) in [6, 6.07) is 8.60. The van der Waals surface area contributed by atoms with E-state index in [4.69, 9.17) is 4.74 Å². The lowest BCUT2D eigenvalue weighted by atomic mass is 10.1. The van der Waals surface area contributed by atoms with Crippen LogP contribution in [0.1, 0.15) is 16.8 Å². The number of allylic oxidation sites excluding steroid dienone is 1. The quantitative estimate of drug-likeness (QED) is 0.597. The van der Waals surface area contributed by atoms with Crippen molar-refractivity contribution in [1.29, 1.82) is 0 Å². The summed E-state index contributed by atoms with van der Waals surface area (Å²) in [6.07, 6.45) is 4.01. The molecule has 88 valence electrons. The second kappa shape index (κ2) is 4.53. The van der Waals surface area contributed by atoms with E-state index in [1.54, 1.807) is 24.3 Å². The Bertz CT molecular complexity index is 471. The normalized spacial score (nSPS) is 17.4. The van der Waals surface area contributed by atoms with E-state index in [-0.39, 0.29) is 6.42 Å². The Hall–Kier alpha value is -1.91. The zero-order valence-electron chi connectivity index (χ0n) is 9.04. The van der Waals surface area contributed by atoms with Gasteiger partial charge in [0.25, 0.3) is 0 Å². The Balaban J connectivity index is 2.02. The van der Waals surface area contributed by atoms with Gasteiger partial charge in [0.15, 0.2) is 5.79 Å². The summed E-state index contributed by atoms with van der Waals surface area (Å²) in [5.41, 5.74) is 0.451. The summed E-state index contributed by atoms with van der Waals surface area (Å²) >= 11 is 0. The van der Waals surface area contributed by atoms with Gasteiger partial charge in [-0.1, -0.05) is 18.2 Å². The van der Waals surface area contributed by atoms with E-state index in [0.29, 0.717) is 11.3 Å². The van der Waals surface area contributed by atoms with Gasteiger partial charge in [-0.25, -0.2) is 4.79 Å². The number of hydrogen-bond donors (Lipinski definition) is 2. The molecule has 0 fully saturated rings. The third-order valence-corrected chi connectivity index (χ3v) is 2.34. The van der Waals surface area contributed by atoms with Crippen LogP contribution in [-0.2, 0) is 4.74 Å². The number of benzene rings is 1. The zero-order valence-corrected chi connectivity index (χ0v) is 9.04. The Morgan fingerprint density at radius 1 is 1.24 bits per heavy atom. The number of aliphatic hydroxyl groups is 2. The van der Waals surface area contributed by atoms with Crippen LogP contribution >= 0.6 is 0 Å². The van der Waals surface area contributed by atoms with E-state index in [9.17, 15) is 15.0 Å². The summed E-state index contributed by atoms with van der Waals surface area (Å²) in [6.45, 7) is 0. The molecule has 2 rings (SSSR count). The fourth-order valence-corrected chi connectivity index (χ4v) is 1.42. The fraction of sp³-hybridized carbons (Fsp3) is 0.154. The fourth-order valence-electron chi connectivity index (χ4n) is 1.42. The molecular formula is C13H12O4. The highest BCUT2D eigenvalue weighted by atomic mass is 16.5. The molecule has 17 heavy (non-hydrogen) atoms. The molecule has 0 heterocycles. The van der Waals surface area contributed by atoms with Gasteiger partial charge in [0, 0.05) is 6.42 Å². The lowest BCUT2D eigenvalue weighted by Crippen LogP contribution is -2.26. The van der Waals surface area contributed by atoms with Crippen LogP contribution < -0.4 is 0 Å². The summed E-state index contributed by atoms with van der Waals surface area (Å²) in [5.74, 6) is -2.00. The number of ether oxygens (including phenoxy) is 1. The molecule has 0 saturated heterocycles. The largest absolute Gasteiger partial charge is 0.423 e. The molecule has 1 aliphatic carbocycles. The molecule has 2 N–H and O–H groups in total. The van der Waals surface area contributed by atoms with Crippen molar-refractivity contribution < 1.29 is 19.7 Å². The molecule has 0 amide bonds. The Labute approximate surface area is 98.5 Å². The summed E-state index contributed by atoms with van der Waals surface area (Å²) in [4.78, 5) is 11.7. The van der Waals surface area contributed by atoms with E-state index < -0.39 is 11.8 Å². The van der Waals surface area contributed by atoms with Crippen LogP contribution in [0.2, 0.25) is 0 Å². The average Bonchev–Trinajstić information content (AvgIpc) is 2.33. The molecule has 0 aliphatic heterocycles. The minimum atomic E-state index is -1.84. The first-order chi connectivity index (χ1) is 8.07. The lowest BCUT2D eigenvalue weighted by Gasteiger charge is -2.19. The number of esters is 1. The number of carbonyl (C=O) groups is 1. The van der Waals surface area contributed by atoms with Gasteiger partial charge in [-0.05, 0) is 30.4 Å². The average molecular weight is 232 g/mol. The minimum Gasteiger partial charge on any atom is -0.423 e. The maximum Gasteiger partial charge on any atom is 0.343 e. The predicted octanol–water partition coefficient (Wildman–Crippen LogP) is 1.37. The van der Waals surface area contributed by atoms with E-state index in [1.807, 2.05) is 6.07 Å². The molecule has 0 radical (unpaired) electrons. The second-order valence-corrected chi connectivity index (χ2v) is 3.78. The van der Waals surface area contributed by atoms with Gasteiger partial charge in [-0.2, -0.15) is 0 Å². The molecule has 4 nitrogen and oxygen atoms in total. The second-order valence-electron chi connectivity index (χ2n) is 3.78. The smallest absolute Gasteiger partial charge is 0.343 e. The lowest BCUT2D eigenvalue weighted by molar-refractivity contribution is -0.116. The summed E-state index contributed by atoms with van der Waals surface area (Å²) < 4.78 is 5.08. The van der Waals surface area contributed by atoms with Gasteiger partial charge in [0.1, 0.15) is 5.76 Å². The molecule has 1 aromatic rings. The Morgan fingerprint density at radius 3 is 2.53 bits per heavy atom. The van der Waals surface area contributed by atoms with Gasteiger partial charge in [0.2, 0.25) is 0 Å². The van der Waals surface area contributed by atoms with Crippen LogP contribution in [0, 0.1) is 0 Å². The van der Waals surface area contributed by atoms with Gasteiger partial charge in [-0.3, -0.25) is 0 Å². The van der Waals surface area contributed by atoms with Crippen LogP contribution in [0.5, 0.6) is 0 Å². The van der Waals surface area contributed by atoms with E-state index in [1.165, 1.54) is 18.2 Å². The number of carbonyl (C=O) groups excluding carboxylic acids is 1. The predicted molar refractivity (Wildman–Crippen MR) is 60.9 cm³/mol. The van der Waals surface area contributed by atoms with Crippen LogP contribution in [0.15, 0.2) is 54.3 Å². The van der Waals surface area contributed by atoms with Crippen molar-refractivity contribution in [2.24, 2.45) is 0 Å². The van der Waals surface area contributed by atoms with Crippen molar-refractivity contribution in [3.05, 3.63) is 59.9 Å². The van der Waals surface area contributed by atoms with Gasteiger partial charge in [0.05, 0.1) is 5.56 Å². The number of rotatable bonds is 2. The maximum atomic E-state index is 11.7. The van der Waals surface area contributed by atoms with Crippen molar-refractivity contribution in [2.45, 2.75) is 12.2 Å². The molecule has 0 aromatic heterocycles. The summed E-state index contributed by atoms with van der Waals surface area (Å²) in [7, 11) is 0. The Kier molecular flexibility index (Phi) is 3.08. The molecule has 0 spiro atoms. The SMILES string of the molecule is O=C(OC1=CCC(O)(O)C=C1)c1ccccc1. The standard InChI is InChI=1S/C13H12O4/c14-12(10-4-2-1-3-5-10)17-11-6-8-13(15,16)9-7-11/h1-8,15-16H,9H2. The van der Waals surface area contributed by atoms with Crippen molar-refractivity contribution in [2.75, 3.05) is 0 Å². The molecule has 4 heteroatoms. The maximum absolute atomic E-state index is 11.7. The molecule has 0 unspecified atom stereocenters. The van der Waals surface area contributed by atoms with Crippen molar-refractivity contribution in [3.8, 4) is 0 Å². The monoisotopic (exact) mass is 232 g/mol. The van der Waals surface area contributed by atoms with E-state index in [0.717, 1.165) is 0 Å². The van der Waals surface area contributed by atoms with Gasteiger partial charge < -0.3 is 14.9 Å². The first-order valence-corrected chi connectivity index (χ1v) is 5.18. The van der Waals surface area contributed by atoms with Gasteiger partial charge in [-0.15, -0.1) is 0 Å². The topological polar surface area (TPSA) is 66.8 Å². The van der Waals surface area contributed by atoms with Gasteiger partial charge >= 0.3 is 5.97 Å². The van der Waals surface area contributed by atoms with Crippen molar-refractivity contribution in [1.82, 2.24) is 0 Å². The molecule has 0 saturated carbocycles. The highest BCUT2D eigenvalue weighted by Gasteiger charge is 2.22. The van der Waals surface area contributed by atoms with Crippen LogP contribution in [0.3, 0.4) is 0 Å².